The number of rotatable bonds is 5. The third-order valence-corrected chi connectivity index (χ3v) is 3.65. The van der Waals surface area contributed by atoms with Crippen LogP contribution in [-0.4, -0.2) is 37.4 Å². The molecule has 0 aromatic carbocycles. The van der Waals surface area contributed by atoms with Crippen molar-refractivity contribution >= 4 is 15.9 Å². The van der Waals surface area contributed by atoms with Gasteiger partial charge in [0.25, 0.3) is 10.0 Å². The molecular formula is C9H16N4O3S. The predicted molar refractivity (Wildman–Crippen MR) is 61.8 cm³/mol. The van der Waals surface area contributed by atoms with Crippen LogP contribution in [0.1, 0.15) is 19.7 Å². The zero-order chi connectivity index (χ0) is 13.1. The molecule has 0 spiro atoms. The number of nitrogens with one attached hydrogen (secondary N) is 3. The lowest BCUT2D eigenvalue weighted by atomic mass is 10.3. The number of hydrogen-bond donors (Lipinski definition) is 3. The lowest BCUT2D eigenvalue weighted by Crippen LogP contribution is -2.43. The topological polar surface area (TPSA) is 104 Å². The lowest BCUT2D eigenvalue weighted by molar-refractivity contribution is -0.121. The van der Waals surface area contributed by atoms with Crippen LogP contribution >= 0.6 is 0 Å². The van der Waals surface area contributed by atoms with E-state index in [1.807, 2.05) is 6.92 Å². The Morgan fingerprint density at radius 3 is 2.71 bits per heavy atom. The van der Waals surface area contributed by atoms with Gasteiger partial charge < -0.3 is 10.3 Å². The fourth-order valence-electron chi connectivity index (χ4n) is 1.23. The summed E-state index contributed by atoms with van der Waals surface area (Å²) in [5.74, 6) is 0.182. The maximum Gasteiger partial charge on any atom is 0.258 e. The molecule has 0 bridgehead atoms. The van der Waals surface area contributed by atoms with Gasteiger partial charge in [0.2, 0.25) is 5.91 Å². The monoisotopic (exact) mass is 260 g/mol. The summed E-state index contributed by atoms with van der Waals surface area (Å²) in [7, 11) is -2.29. The number of aromatic amines is 1. The minimum Gasteiger partial charge on any atom is -0.358 e. The Labute approximate surface area is 100 Å². The molecule has 1 atom stereocenters. The molecule has 3 N–H and O–H groups in total. The van der Waals surface area contributed by atoms with Gasteiger partial charge in [0.1, 0.15) is 5.82 Å². The first kappa shape index (κ1) is 13.7. The summed E-state index contributed by atoms with van der Waals surface area (Å²) in [6.45, 7) is 3.32. The zero-order valence-electron chi connectivity index (χ0n) is 9.94. The van der Waals surface area contributed by atoms with Crippen molar-refractivity contribution in [2.24, 2.45) is 0 Å². The van der Waals surface area contributed by atoms with Gasteiger partial charge in [-0.3, -0.25) is 4.79 Å². The van der Waals surface area contributed by atoms with E-state index >= 15 is 0 Å². The predicted octanol–water partition coefficient (Wildman–Crippen LogP) is -0.615. The van der Waals surface area contributed by atoms with Crippen LogP contribution in [0.2, 0.25) is 0 Å². The van der Waals surface area contributed by atoms with Crippen molar-refractivity contribution in [3.8, 4) is 0 Å². The molecule has 0 saturated carbocycles. The number of sulfonamides is 1. The number of imidazole rings is 1. The number of H-pyrrole nitrogens is 1. The maximum atomic E-state index is 11.8. The Kier molecular flexibility index (Phi) is 4.24. The second kappa shape index (κ2) is 5.28. The van der Waals surface area contributed by atoms with Crippen molar-refractivity contribution in [2.75, 3.05) is 7.05 Å². The van der Waals surface area contributed by atoms with Gasteiger partial charge in [0, 0.05) is 13.5 Å². The molecule has 1 rings (SSSR count). The molecule has 0 fully saturated rings. The van der Waals surface area contributed by atoms with Crippen molar-refractivity contribution in [1.82, 2.24) is 20.0 Å². The van der Waals surface area contributed by atoms with E-state index in [0.717, 1.165) is 0 Å². The van der Waals surface area contributed by atoms with Crippen molar-refractivity contribution in [3.05, 3.63) is 12.0 Å². The average Bonchev–Trinajstić information content (AvgIpc) is 2.76. The van der Waals surface area contributed by atoms with Crippen molar-refractivity contribution in [2.45, 2.75) is 31.3 Å². The molecule has 17 heavy (non-hydrogen) atoms. The summed E-state index contributed by atoms with van der Waals surface area (Å²) in [4.78, 5) is 17.8. The summed E-state index contributed by atoms with van der Waals surface area (Å²) in [5, 5.41) is 2.33. The van der Waals surface area contributed by atoms with E-state index in [4.69, 9.17) is 0 Å². The first-order valence-electron chi connectivity index (χ1n) is 5.18. The molecule has 8 heteroatoms. The molecule has 1 unspecified atom stereocenters. The van der Waals surface area contributed by atoms with Crippen LogP contribution in [0.25, 0.3) is 0 Å². The third-order valence-electron chi connectivity index (χ3n) is 2.20. The smallest absolute Gasteiger partial charge is 0.258 e. The van der Waals surface area contributed by atoms with Gasteiger partial charge >= 0.3 is 0 Å². The van der Waals surface area contributed by atoms with E-state index in [1.165, 1.54) is 20.2 Å². The molecule has 0 saturated heterocycles. The van der Waals surface area contributed by atoms with Crippen LogP contribution in [0, 0.1) is 0 Å². The number of amides is 1. The maximum absolute atomic E-state index is 11.8. The molecule has 96 valence electrons. The quantitative estimate of drug-likeness (QED) is 0.656. The second-order valence-corrected chi connectivity index (χ2v) is 5.19. The van der Waals surface area contributed by atoms with Crippen LogP contribution in [0.3, 0.4) is 0 Å². The van der Waals surface area contributed by atoms with Gasteiger partial charge in [-0.15, -0.1) is 0 Å². The van der Waals surface area contributed by atoms with Crippen molar-refractivity contribution < 1.29 is 13.2 Å². The second-order valence-electron chi connectivity index (χ2n) is 3.50. The van der Waals surface area contributed by atoms with Crippen LogP contribution < -0.4 is 10.0 Å². The molecule has 7 nitrogen and oxygen atoms in total. The molecule has 0 aliphatic rings. The first-order chi connectivity index (χ1) is 7.90. The number of carbonyl (C=O) groups is 1. The summed E-state index contributed by atoms with van der Waals surface area (Å²) in [5.41, 5.74) is 0. The van der Waals surface area contributed by atoms with Gasteiger partial charge in [-0.2, -0.15) is 4.72 Å². The average molecular weight is 260 g/mol. The minimum absolute atomic E-state index is 0.0369. The fourth-order valence-corrected chi connectivity index (χ4v) is 2.37. The third kappa shape index (κ3) is 3.27. The number of aryl methyl sites for hydroxylation is 1. The molecular weight excluding hydrogens is 244 g/mol. The van der Waals surface area contributed by atoms with Crippen molar-refractivity contribution in [1.29, 1.82) is 0 Å². The minimum atomic E-state index is -3.73. The first-order valence-corrected chi connectivity index (χ1v) is 6.66. The van der Waals surface area contributed by atoms with Crippen LogP contribution in [0.15, 0.2) is 11.2 Å². The van der Waals surface area contributed by atoms with Crippen LogP contribution in [0.4, 0.5) is 0 Å². The highest BCUT2D eigenvalue weighted by atomic mass is 32.2. The summed E-state index contributed by atoms with van der Waals surface area (Å²) in [6, 6.07) is -0.835. The Morgan fingerprint density at radius 1 is 1.59 bits per heavy atom. The summed E-state index contributed by atoms with van der Waals surface area (Å²) >= 11 is 0. The molecule has 1 heterocycles. The lowest BCUT2D eigenvalue weighted by Gasteiger charge is -2.11. The number of aromatic nitrogens is 2. The van der Waals surface area contributed by atoms with E-state index < -0.39 is 22.0 Å². The van der Waals surface area contributed by atoms with Gasteiger partial charge in [-0.1, -0.05) is 6.92 Å². The van der Waals surface area contributed by atoms with Crippen molar-refractivity contribution in [3.63, 3.8) is 0 Å². The molecule has 1 amide bonds. The van der Waals surface area contributed by atoms with E-state index in [-0.39, 0.29) is 5.03 Å². The SMILES string of the molecule is CCc1ncc(S(=O)(=O)NC(C)C(=O)NC)[nH]1. The molecule has 1 aromatic rings. The van der Waals surface area contributed by atoms with Gasteiger partial charge in [0.05, 0.1) is 12.2 Å². The molecule has 0 aliphatic heterocycles. The highest BCUT2D eigenvalue weighted by molar-refractivity contribution is 7.89. The highest BCUT2D eigenvalue weighted by Gasteiger charge is 2.22. The van der Waals surface area contributed by atoms with Gasteiger partial charge in [0.15, 0.2) is 5.03 Å². The van der Waals surface area contributed by atoms with Crippen LogP contribution in [-0.2, 0) is 21.2 Å². The van der Waals surface area contributed by atoms with Gasteiger partial charge in [-0.25, -0.2) is 13.4 Å². The normalized spacial score (nSPS) is 13.4. The Hall–Kier alpha value is -1.41. The largest absolute Gasteiger partial charge is 0.358 e. The van der Waals surface area contributed by atoms with E-state index in [2.05, 4.69) is 20.0 Å². The standard InChI is InChI=1S/C9H16N4O3S/c1-4-7-11-5-8(12-7)17(15,16)13-6(2)9(14)10-3/h5-6,13H,4H2,1-3H3,(H,10,14)(H,11,12). The van der Waals surface area contributed by atoms with Crippen LogP contribution in [0.5, 0.6) is 0 Å². The zero-order valence-corrected chi connectivity index (χ0v) is 10.8. The Bertz CT molecular complexity index is 494. The number of likely N-dealkylation sites (N-methyl/N-ethyl adjacent to an activating group) is 1. The number of hydrogen-bond acceptors (Lipinski definition) is 4. The molecule has 0 aliphatic carbocycles. The highest BCUT2D eigenvalue weighted by Crippen LogP contribution is 2.06. The summed E-state index contributed by atoms with van der Waals surface area (Å²) < 4.78 is 25.9. The fraction of sp³-hybridized carbons (Fsp3) is 0.556. The Balaban J connectivity index is 2.85. The van der Waals surface area contributed by atoms with Gasteiger partial charge in [-0.05, 0) is 6.92 Å². The molecule has 0 radical (unpaired) electrons. The number of carbonyl (C=O) groups excluding carboxylic acids is 1. The Morgan fingerprint density at radius 2 is 2.24 bits per heavy atom. The van der Waals surface area contributed by atoms with E-state index in [0.29, 0.717) is 12.2 Å². The molecule has 1 aromatic heterocycles. The summed E-state index contributed by atoms with van der Waals surface area (Å²) in [6.07, 6.45) is 1.85. The number of nitrogens with zero attached hydrogens (tertiary/aromatic N) is 1. The van der Waals surface area contributed by atoms with E-state index in [9.17, 15) is 13.2 Å². The van der Waals surface area contributed by atoms with E-state index in [1.54, 1.807) is 0 Å².